The molecule has 25 heavy (non-hydrogen) atoms. The van der Waals surface area contributed by atoms with Crippen molar-refractivity contribution in [3.63, 3.8) is 0 Å². The summed E-state index contributed by atoms with van der Waals surface area (Å²) in [6, 6.07) is 0. The van der Waals surface area contributed by atoms with Crippen molar-refractivity contribution in [2.75, 3.05) is 13.7 Å². The number of aryl methyl sites for hydroxylation is 2. The monoisotopic (exact) mass is 381 g/mol. The molecule has 2 N–H and O–H groups in total. The first-order chi connectivity index (χ1) is 12.0. The number of nitrogens with zero attached hydrogens (tertiary/aromatic N) is 3. The molecule has 8 nitrogen and oxygen atoms in total. The highest BCUT2D eigenvalue weighted by atomic mass is 32.2. The first kappa shape index (κ1) is 17.9. The normalized spacial score (nSPS) is 11.5. The van der Waals surface area contributed by atoms with E-state index in [1.54, 1.807) is 11.7 Å². The fourth-order valence-electron chi connectivity index (χ4n) is 2.48. The fraction of sp³-hybridized carbons (Fsp3) is 0.467. The summed E-state index contributed by atoms with van der Waals surface area (Å²) in [5.41, 5.74) is 0.606. The topological polar surface area (TPSA) is 106 Å². The second kappa shape index (κ2) is 7.54. The van der Waals surface area contributed by atoms with Gasteiger partial charge in [-0.05, 0) is 25.8 Å². The van der Waals surface area contributed by atoms with E-state index in [2.05, 4.69) is 20.2 Å². The van der Waals surface area contributed by atoms with Crippen molar-refractivity contribution in [1.29, 1.82) is 0 Å². The van der Waals surface area contributed by atoms with Crippen LogP contribution in [0.2, 0.25) is 0 Å². The summed E-state index contributed by atoms with van der Waals surface area (Å²) in [7, 11) is 1.62. The van der Waals surface area contributed by atoms with Gasteiger partial charge in [0.1, 0.15) is 10.7 Å². The number of thioether (sulfide) groups is 1. The minimum atomic E-state index is -0.250. The van der Waals surface area contributed by atoms with Crippen molar-refractivity contribution in [2.24, 2.45) is 0 Å². The van der Waals surface area contributed by atoms with E-state index in [1.165, 1.54) is 23.1 Å². The Labute approximate surface area is 151 Å². The SMILES string of the molecule is COCCCn1c(SCc2nc3sc(C)c(C)c3c(=O)[nH]2)n[nH]c1=O. The molecule has 0 aliphatic rings. The number of nitrogens with one attached hydrogen (secondary N) is 2. The van der Waals surface area contributed by atoms with Crippen LogP contribution < -0.4 is 11.2 Å². The maximum atomic E-state index is 12.3. The van der Waals surface area contributed by atoms with Gasteiger partial charge < -0.3 is 9.72 Å². The van der Waals surface area contributed by atoms with Gasteiger partial charge in [0.25, 0.3) is 5.56 Å². The number of H-pyrrole nitrogens is 2. The summed E-state index contributed by atoms with van der Waals surface area (Å²) in [6.45, 7) is 5.02. The molecule has 0 fully saturated rings. The fourth-order valence-corrected chi connectivity index (χ4v) is 4.37. The highest BCUT2D eigenvalue weighted by Crippen LogP contribution is 2.26. The Morgan fingerprint density at radius 2 is 2.12 bits per heavy atom. The van der Waals surface area contributed by atoms with E-state index in [0.717, 1.165) is 21.7 Å². The summed E-state index contributed by atoms with van der Waals surface area (Å²) < 4.78 is 6.58. The van der Waals surface area contributed by atoms with E-state index < -0.39 is 0 Å². The predicted octanol–water partition coefficient (Wildman–Crippen LogP) is 1.82. The van der Waals surface area contributed by atoms with E-state index in [0.29, 0.717) is 35.3 Å². The smallest absolute Gasteiger partial charge is 0.343 e. The Morgan fingerprint density at radius 1 is 1.32 bits per heavy atom. The molecular weight excluding hydrogens is 362 g/mol. The average Bonchev–Trinajstić information content (AvgIpc) is 3.06. The summed E-state index contributed by atoms with van der Waals surface area (Å²) in [6.07, 6.45) is 0.721. The van der Waals surface area contributed by atoms with Crippen LogP contribution in [0.1, 0.15) is 22.7 Å². The zero-order chi connectivity index (χ0) is 18.0. The van der Waals surface area contributed by atoms with Crippen molar-refractivity contribution in [3.8, 4) is 0 Å². The first-order valence-corrected chi connectivity index (χ1v) is 9.57. The molecule has 3 aromatic heterocycles. The van der Waals surface area contributed by atoms with Gasteiger partial charge in [-0.15, -0.1) is 16.4 Å². The van der Waals surface area contributed by atoms with E-state index in [1.807, 2.05) is 13.8 Å². The van der Waals surface area contributed by atoms with Gasteiger partial charge in [0.2, 0.25) is 0 Å². The Kier molecular flexibility index (Phi) is 5.40. The summed E-state index contributed by atoms with van der Waals surface area (Å²) in [4.78, 5) is 33.3. The third kappa shape index (κ3) is 3.70. The van der Waals surface area contributed by atoms with Crippen LogP contribution >= 0.6 is 23.1 Å². The zero-order valence-electron chi connectivity index (χ0n) is 14.2. The third-order valence-electron chi connectivity index (χ3n) is 3.88. The van der Waals surface area contributed by atoms with Crippen LogP contribution in [0.5, 0.6) is 0 Å². The molecule has 10 heteroatoms. The van der Waals surface area contributed by atoms with Crippen molar-refractivity contribution in [2.45, 2.75) is 37.7 Å². The standard InChI is InChI=1S/C15H19N5O3S2/c1-8-9(2)25-13-11(8)12(21)16-10(17-13)7-24-15-19-18-14(22)20(15)5-4-6-23-3/h4-7H2,1-3H3,(H,18,22)(H,16,17,21). The number of rotatable bonds is 7. The lowest BCUT2D eigenvalue weighted by atomic mass is 10.2. The van der Waals surface area contributed by atoms with Crippen LogP contribution in [0.15, 0.2) is 14.7 Å². The minimum Gasteiger partial charge on any atom is -0.385 e. The quantitative estimate of drug-likeness (QED) is 0.478. The third-order valence-corrected chi connectivity index (χ3v) is 5.97. The molecule has 0 unspecified atom stereocenters. The van der Waals surface area contributed by atoms with Gasteiger partial charge in [-0.1, -0.05) is 11.8 Å². The number of methoxy groups -OCH3 is 1. The Morgan fingerprint density at radius 3 is 2.88 bits per heavy atom. The molecular formula is C15H19N5O3S2. The van der Waals surface area contributed by atoms with Gasteiger partial charge in [-0.25, -0.2) is 14.9 Å². The lowest BCUT2D eigenvalue weighted by Crippen LogP contribution is -2.18. The van der Waals surface area contributed by atoms with Crippen molar-refractivity contribution < 1.29 is 4.74 Å². The largest absolute Gasteiger partial charge is 0.385 e. The van der Waals surface area contributed by atoms with E-state index >= 15 is 0 Å². The lowest BCUT2D eigenvalue weighted by molar-refractivity contribution is 0.189. The molecule has 0 aromatic carbocycles. The number of aromatic amines is 2. The molecule has 0 amide bonds. The summed E-state index contributed by atoms with van der Waals surface area (Å²) in [5.74, 6) is 0.998. The summed E-state index contributed by atoms with van der Waals surface area (Å²) in [5, 5.41) is 7.73. The van der Waals surface area contributed by atoms with Crippen LogP contribution in [0, 0.1) is 13.8 Å². The molecule has 0 aliphatic carbocycles. The molecule has 0 radical (unpaired) electrons. The van der Waals surface area contributed by atoms with Gasteiger partial charge in [-0.3, -0.25) is 9.36 Å². The van der Waals surface area contributed by atoms with Crippen LogP contribution in [0.3, 0.4) is 0 Å². The molecule has 3 rings (SSSR count). The average molecular weight is 381 g/mol. The van der Waals surface area contributed by atoms with Crippen LogP contribution in [0.25, 0.3) is 10.2 Å². The highest BCUT2D eigenvalue weighted by molar-refractivity contribution is 7.98. The Balaban J connectivity index is 1.79. The number of fused-ring (bicyclic) bond motifs is 1. The number of hydrogen-bond acceptors (Lipinski definition) is 7. The molecule has 3 aromatic rings. The first-order valence-electron chi connectivity index (χ1n) is 7.77. The van der Waals surface area contributed by atoms with Crippen molar-refractivity contribution in [3.05, 3.63) is 37.1 Å². The zero-order valence-corrected chi connectivity index (χ0v) is 15.8. The van der Waals surface area contributed by atoms with Crippen LogP contribution in [-0.2, 0) is 17.0 Å². The molecule has 0 saturated heterocycles. The lowest BCUT2D eigenvalue weighted by Gasteiger charge is -2.05. The van der Waals surface area contributed by atoms with Crippen molar-refractivity contribution in [1.82, 2.24) is 24.7 Å². The predicted molar refractivity (Wildman–Crippen MR) is 98.6 cm³/mol. The molecule has 0 aliphatic heterocycles. The maximum absolute atomic E-state index is 12.3. The van der Waals surface area contributed by atoms with Crippen LogP contribution in [0.4, 0.5) is 0 Å². The Hall–Kier alpha value is -1.91. The number of hydrogen-bond donors (Lipinski definition) is 2. The minimum absolute atomic E-state index is 0.123. The van der Waals surface area contributed by atoms with Crippen LogP contribution in [-0.4, -0.2) is 38.4 Å². The molecule has 0 bridgehead atoms. The van der Waals surface area contributed by atoms with Gasteiger partial charge in [-0.2, -0.15) is 0 Å². The van der Waals surface area contributed by atoms with Gasteiger partial charge in [0.15, 0.2) is 5.16 Å². The van der Waals surface area contributed by atoms with Gasteiger partial charge >= 0.3 is 5.69 Å². The summed E-state index contributed by atoms with van der Waals surface area (Å²) >= 11 is 2.88. The van der Waals surface area contributed by atoms with Crippen molar-refractivity contribution >= 4 is 33.3 Å². The maximum Gasteiger partial charge on any atom is 0.343 e. The van der Waals surface area contributed by atoms with Gasteiger partial charge in [0.05, 0.1) is 11.1 Å². The Bertz CT molecular complexity index is 1000. The molecule has 0 atom stereocenters. The molecule has 0 spiro atoms. The van der Waals surface area contributed by atoms with Gasteiger partial charge in [0, 0.05) is 25.1 Å². The second-order valence-electron chi connectivity index (χ2n) is 5.57. The number of ether oxygens (including phenoxy) is 1. The second-order valence-corrected chi connectivity index (χ2v) is 7.72. The van der Waals surface area contributed by atoms with E-state index in [4.69, 9.17) is 4.74 Å². The number of aromatic nitrogens is 5. The highest BCUT2D eigenvalue weighted by Gasteiger charge is 2.14. The molecule has 3 heterocycles. The van der Waals surface area contributed by atoms with E-state index in [9.17, 15) is 9.59 Å². The molecule has 134 valence electrons. The van der Waals surface area contributed by atoms with E-state index in [-0.39, 0.29) is 11.2 Å². The molecule has 0 saturated carbocycles. The number of thiophene rings is 1.